The summed E-state index contributed by atoms with van der Waals surface area (Å²) in [5.74, 6) is 1.05. The summed E-state index contributed by atoms with van der Waals surface area (Å²) in [6.07, 6.45) is 5.03. The predicted octanol–water partition coefficient (Wildman–Crippen LogP) is 2.19. The molecule has 0 spiro atoms. The SMILES string of the molecule is CCNC(=NCCCCCOC)N1CCN(Cc2ccon2)CC1.I. The molecular formula is C17H32IN5O2. The van der Waals surface area contributed by atoms with Gasteiger partial charge in [0.25, 0.3) is 0 Å². The van der Waals surface area contributed by atoms with Crippen LogP contribution in [-0.4, -0.2) is 73.9 Å². The Morgan fingerprint density at radius 1 is 1.28 bits per heavy atom. The highest BCUT2D eigenvalue weighted by atomic mass is 127. The van der Waals surface area contributed by atoms with Crippen molar-refractivity contribution in [3.05, 3.63) is 18.0 Å². The van der Waals surface area contributed by atoms with Gasteiger partial charge in [-0.05, 0) is 26.2 Å². The number of aromatic nitrogens is 1. The minimum Gasteiger partial charge on any atom is -0.385 e. The summed E-state index contributed by atoms with van der Waals surface area (Å²) in [7, 11) is 1.75. The highest BCUT2D eigenvalue weighted by molar-refractivity contribution is 14.0. The summed E-state index contributed by atoms with van der Waals surface area (Å²) < 4.78 is 9.98. The summed E-state index contributed by atoms with van der Waals surface area (Å²) in [5, 5.41) is 7.41. The van der Waals surface area contributed by atoms with Crippen molar-refractivity contribution in [2.45, 2.75) is 32.7 Å². The molecule has 0 radical (unpaired) electrons. The fraction of sp³-hybridized carbons (Fsp3) is 0.765. The van der Waals surface area contributed by atoms with E-state index in [0.29, 0.717) is 0 Å². The number of hydrogen-bond donors (Lipinski definition) is 1. The molecule has 1 saturated heterocycles. The van der Waals surface area contributed by atoms with Crippen LogP contribution in [0.25, 0.3) is 0 Å². The molecule has 25 heavy (non-hydrogen) atoms. The van der Waals surface area contributed by atoms with Crippen LogP contribution in [-0.2, 0) is 11.3 Å². The third-order valence-corrected chi connectivity index (χ3v) is 4.15. The summed E-state index contributed by atoms with van der Waals surface area (Å²) in [6.45, 7) is 9.63. The number of rotatable bonds is 9. The van der Waals surface area contributed by atoms with Crippen molar-refractivity contribution in [3.8, 4) is 0 Å². The Kier molecular flexibility index (Phi) is 11.8. The van der Waals surface area contributed by atoms with Crippen molar-refractivity contribution in [1.82, 2.24) is 20.3 Å². The molecule has 0 aliphatic carbocycles. The molecule has 0 unspecified atom stereocenters. The van der Waals surface area contributed by atoms with E-state index in [-0.39, 0.29) is 24.0 Å². The number of piperazine rings is 1. The monoisotopic (exact) mass is 465 g/mol. The average molecular weight is 465 g/mol. The maximum absolute atomic E-state index is 5.08. The third-order valence-electron chi connectivity index (χ3n) is 4.15. The minimum absolute atomic E-state index is 0. The first-order chi connectivity index (χ1) is 11.8. The lowest BCUT2D eigenvalue weighted by atomic mass is 10.2. The smallest absolute Gasteiger partial charge is 0.194 e. The molecule has 2 heterocycles. The van der Waals surface area contributed by atoms with Gasteiger partial charge in [-0.3, -0.25) is 9.89 Å². The summed E-state index contributed by atoms with van der Waals surface area (Å²) in [6, 6.07) is 1.93. The van der Waals surface area contributed by atoms with Gasteiger partial charge in [-0.1, -0.05) is 5.16 Å². The van der Waals surface area contributed by atoms with Crippen LogP contribution in [0.5, 0.6) is 0 Å². The van der Waals surface area contributed by atoms with Crippen molar-refractivity contribution < 1.29 is 9.26 Å². The molecular weight excluding hydrogens is 433 g/mol. The number of guanidine groups is 1. The zero-order valence-electron chi connectivity index (χ0n) is 15.4. The first-order valence-electron chi connectivity index (χ1n) is 8.97. The molecule has 1 aromatic rings. The van der Waals surface area contributed by atoms with E-state index < -0.39 is 0 Å². The van der Waals surface area contributed by atoms with Crippen LogP contribution in [0.2, 0.25) is 0 Å². The van der Waals surface area contributed by atoms with Gasteiger partial charge in [-0.25, -0.2) is 0 Å². The molecule has 144 valence electrons. The van der Waals surface area contributed by atoms with Crippen molar-refractivity contribution in [2.75, 3.05) is 53.0 Å². The van der Waals surface area contributed by atoms with E-state index in [1.54, 1.807) is 13.4 Å². The first kappa shape index (κ1) is 22.2. The molecule has 8 heteroatoms. The number of halogens is 1. The zero-order chi connectivity index (χ0) is 17.0. The molecule has 0 atom stereocenters. The van der Waals surface area contributed by atoms with Crippen molar-refractivity contribution in [1.29, 1.82) is 0 Å². The highest BCUT2D eigenvalue weighted by Crippen LogP contribution is 2.07. The average Bonchev–Trinajstić information content (AvgIpc) is 3.11. The Balaban J connectivity index is 0.00000312. The maximum atomic E-state index is 5.08. The van der Waals surface area contributed by atoms with Crippen LogP contribution >= 0.6 is 24.0 Å². The molecule has 0 aromatic carbocycles. The number of ether oxygens (including phenoxy) is 1. The molecule has 0 saturated carbocycles. The maximum Gasteiger partial charge on any atom is 0.194 e. The van der Waals surface area contributed by atoms with Gasteiger partial charge in [-0.15, -0.1) is 24.0 Å². The topological polar surface area (TPSA) is 66.1 Å². The lowest BCUT2D eigenvalue weighted by molar-refractivity contribution is 0.169. The molecule has 1 aromatic heterocycles. The standard InChI is InChI=1S/C17H31N5O2.HI/c1-3-18-17(19-8-5-4-6-13-23-2)22-11-9-21(10-12-22)15-16-7-14-24-20-16;/h7,14H,3-6,8-13,15H2,1-2H3,(H,18,19);1H. The molecule has 7 nitrogen and oxygen atoms in total. The van der Waals surface area contributed by atoms with Crippen LogP contribution in [0.15, 0.2) is 21.8 Å². The van der Waals surface area contributed by atoms with Crippen molar-refractivity contribution in [2.24, 2.45) is 4.99 Å². The van der Waals surface area contributed by atoms with E-state index >= 15 is 0 Å². The third kappa shape index (κ3) is 8.37. The van der Waals surface area contributed by atoms with Crippen LogP contribution in [0.3, 0.4) is 0 Å². The molecule has 1 N–H and O–H groups in total. The van der Waals surface area contributed by atoms with E-state index in [2.05, 4.69) is 27.2 Å². The van der Waals surface area contributed by atoms with Gasteiger partial charge in [0.2, 0.25) is 0 Å². The van der Waals surface area contributed by atoms with Crippen molar-refractivity contribution >= 4 is 29.9 Å². The van der Waals surface area contributed by atoms with Gasteiger partial charge in [0.15, 0.2) is 5.96 Å². The number of unbranched alkanes of at least 4 members (excludes halogenated alkanes) is 2. The fourth-order valence-corrected chi connectivity index (χ4v) is 2.81. The van der Waals surface area contributed by atoms with Crippen LogP contribution < -0.4 is 5.32 Å². The molecule has 1 fully saturated rings. The van der Waals surface area contributed by atoms with E-state index in [0.717, 1.165) is 76.9 Å². The number of methoxy groups -OCH3 is 1. The number of nitrogens with zero attached hydrogens (tertiary/aromatic N) is 4. The second kappa shape index (κ2) is 13.3. The van der Waals surface area contributed by atoms with Gasteiger partial charge in [0, 0.05) is 65.6 Å². The zero-order valence-corrected chi connectivity index (χ0v) is 17.8. The highest BCUT2D eigenvalue weighted by Gasteiger charge is 2.20. The summed E-state index contributed by atoms with van der Waals surface area (Å²) in [5.41, 5.74) is 1.00. The van der Waals surface area contributed by atoms with E-state index in [9.17, 15) is 0 Å². The number of aliphatic imine (C=N–C) groups is 1. The second-order valence-corrected chi connectivity index (χ2v) is 6.04. The minimum atomic E-state index is 0. The first-order valence-corrected chi connectivity index (χ1v) is 8.97. The van der Waals surface area contributed by atoms with E-state index in [1.807, 2.05) is 6.07 Å². The Morgan fingerprint density at radius 3 is 2.72 bits per heavy atom. The summed E-state index contributed by atoms with van der Waals surface area (Å²) in [4.78, 5) is 9.54. The number of hydrogen-bond acceptors (Lipinski definition) is 5. The van der Waals surface area contributed by atoms with Crippen molar-refractivity contribution in [3.63, 3.8) is 0 Å². The molecule has 2 rings (SSSR count). The van der Waals surface area contributed by atoms with Crippen LogP contribution in [0.4, 0.5) is 0 Å². The molecule has 1 aliphatic heterocycles. The Morgan fingerprint density at radius 2 is 2.08 bits per heavy atom. The normalized spacial score (nSPS) is 15.9. The number of nitrogens with one attached hydrogen (secondary N) is 1. The Bertz CT molecular complexity index is 462. The quantitative estimate of drug-likeness (QED) is 0.261. The largest absolute Gasteiger partial charge is 0.385 e. The lowest BCUT2D eigenvalue weighted by Crippen LogP contribution is -2.52. The van der Waals surface area contributed by atoms with Crippen LogP contribution in [0, 0.1) is 0 Å². The molecule has 0 bridgehead atoms. The van der Waals surface area contributed by atoms with E-state index in [4.69, 9.17) is 14.3 Å². The summed E-state index contributed by atoms with van der Waals surface area (Å²) >= 11 is 0. The lowest BCUT2D eigenvalue weighted by Gasteiger charge is -2.36. The molecule has 1 aliphatic rings. The van der Waals surface area contributed by atoms with Gasteiger partial charge < -0.3 is 19.5 Å². The predicted molar refractivity (Wildman–Crippen MR) is 110 cm³/mol. The van der Waals surface area contributed by atoms with Crippen LogP contribution in [0.1, 0.15) is 31.9 Å². The van der Waals surface area contributed by atoms with Gasteiger partial charge in [-0.2, -0.15) is 0 Å². The van der Waals surface area contributed by atoms with E-state index in [1.165, 1.54) is 6.42 Å². The second-order valence-electron chi connectivity index (χ2n) is 6.04. The van der Waals surface area contributed by atoms with Gasteiger partial charge in [0.1, 0.15) is 6.26 Å². The fourth-order valence-electron chi connectivity index (χ4n) is 2.81. The van der Waals surface area contributed by atoms with Gasteiger partial charge >= 0.3 is 0 Å². The Hall–Kier alpha value is -0.870. The van der Waals surface area contributed by atoms with Gasteiger partial charge in [0.05, 0.1) is 5.69 Å². The Labute approximate surface area is 168 Å². The molecule has 0 amide bonds.